The second-order valence-corrected chi connectivity index (χ2v) is 8.45. The molecule has 1 atom stereocenters. The van der Waals surface area contributed by atoms with Crippen LogP contribution in [-0.2, 0) is 10.5 Å². The van der Waals surface area contributed by atoms with Crippen LogP contribution in [0.4, 0.5) is 5.82 Å². The molecular formula is C21H19BrN2O4S. The summed E-state index contributed by atoms with van der Waals surface area (Å²) in [5.41, 5.74) is 1.95. The summed E-state index contributed by atoms with van der Waals surface area (Å²) >= 11 is 5.13. The fraction of sp³-hybridized carbons (Fsp3) is 0.238. The number of thioether (sulfide) groups is 1. The topological polar surface area (TPSA) is 73.6 Å². The lowest BCUT2D eigenvalue weighted by molar-refractivity contribution is -0.115. The van der Waals surface area contributed by atoms with E-state index in [0.29, 0.717) is 30.5 Å². The lowest BCUT2D eigenvalue weighted by Gasteiger charge is -2.21. The highest BCUT2D eigenvalue weighted by Crippen LogP contribution is 2.39. The summed E-state index contributed by atoms with van der Waals surface area (Å²) in [7, 11) is 0. The summed E-state index contributed by atoms with van der Waals surface area (Å²) < 4.78 is 17.3. The summed E-state index contributed by atoms with van der Waals surface area (Å²) in [5.74, 6) is 2.98. The Morgan fingerprint density at radius 2 is 1.90 bits per heavy atom. The monoisotopic (exact) mass is 474 g/mol. The van der Waals surface area contributed by atoms with Crippen LogP contribution in [0.3, 0.4) is 0 Å². The van der Waals surface area contributed by atoms with Crippen LogP contribution in [0.5, 0.6) is 11.5 Å². The molecule has 2 heterocycles. The molecule has 1 amide bonds. The molecule has 0 spiro atoms. The van der Waals surface area contributed by atoms with Crippen molar-refractivity contribution >= 4 is 39.4 Å². The number of ether oxygens (including phenoxy) is 2. The van der Waals surface area contributed by atoms with E-state index in [0.717, 1.165) is 27.1 Å². The number of hydrogen-bond acceptors (Lipinski definition) is 6. The minimum absolute atomic E-state index is 0.150. The Labute approximate surface area is 181 Å². The predicted octanol–water partition coefficient (Wildman–Crippen LogP) is 5.13. The van der Waals surface area contributed by atoms with Crippen molar-refractivity contribution in [2.24, 2.45) is 0 Å². The van der Waals surface area contributed by atoms with Gasteiger partial charge in [0.25, 0.3) is 0 Å². The molecule has 0 saturated heterocycles. The zero-order valence-corrected chi connectivity index (χ0v) is 18.1. The molecule has 0 saturated carbocycles. The molecule has 8 heteroatoms. The number of nitrogens with one attached hydrogen (secondary N) is 1. The van der Waals surface area contributed by atoms with Gasteiger partial charge in [0, 0.05) is 16.3 Å². The third kappa shape index (κ3) is 4.76. The first-order chi connectivity index (χ1) is 14.1. The number of nitrogens with zero attached hydrogens (tertiary/aromatic N) is 1. The van der Waals surface area contributed by atoms with Crippen molar-refractivity contribution < 1.29 is 18.8 Å². The van der Waals surface area contributed by atoms with Crippen LogP contribution in [0.2, 0.25) is 0 Å². The molecule has 1 aliphatic rings. The number of hydrogen-bond donors (Lipinski definition) is 1. The Hall–Kier alpha value is -2.45. The Morgan fingerprint density at radius 3 is 2.59 bits per heavy atom. The predicted molar refractivity (Wildman–Crippen MR) is 115 cm³/mol. The van der Waals surface area contributed by atoms with Crippen molar-refractivity contribution in [3.05, 3.63) is 69.9 Å². The second kappa shape index (κ2) is 8.92. The van der Waals surface area contributed by atoms with Gasteiger partial charge in [0.1, 0.15) is 24.2 Å². The molecule has 1 unspecified atom stereocenters. The average Bonchev–Trinajstić information content (AvgIpc) is 3.13. The first-order valence-corrected chi connectivity index (χ1v) is 10.9. The Morgan fingerprint density at radius 1 is 1.17 bits per heavy atom. The van der Waals surface area contributed by atoms with E-state index < -0.39 is 5.25 Å². The van der Waals surface area contributed by atoms with Gasteiger partial charge in [-0.25, -0.2) is 0 Å². The van der Waals surface area contributed by atoms with E-state index in [1.165, 1.54) is 11.8 Å². The number of fused-ring (bicyclic) bond motifs is 1. The molecule has 2 aromatic carbocycles. The average molecular weight is 475 g/mol. The highest BCUT2D eigenvalue weighted by atomic mass is 79.9. The van der Waals surface area contributed by atoms with E-state index in [1.807, 2.05) is 42.5 Å². The van der Waals surface area contributed by atoms with Crippen molar-refractivity contribution in [2.75, 3.05) is 18.5 Å². The van der Waals surface area contributed by atoms with Crippen LogP contribution in [-0.4, -0.2) is 24.3 Å². The van der Waals surface area contributed by atoms with E-state index in [4.69, 9.17) is 14.0 Å². The van der Waals surface area contributed by atoms with Crippen molar-refractivity contribution in [1.82, 2.24) is 5.16 Å². The highest BCUT2D eigenvalue weighted by Gasteiger charge is 2.23. The van der Waals surface area contributed by atoms with E-state index >= 15 is 0 Å². The number of carbonyl (C=O) groups excluding carboxylic acids is 1. The van der Waals surface area contributed by atoms with Crippen LogP contribution in [0.25, 0.3) is 0 Å². The third-order valence-electron chi connectivity index (χ3n) is 4.34. The quantitative estimate of drug-likeness (QED) is 0.533. The van der Waals surface area contributed by atoms with Gasteiger partial charge in [-0.2, -0.15) is 0 Å². The van der Waals surface area contributed by atoms with Crippen LogP contribution >= 0.6 is 27.7 Å². The van der Waals surface area contributed by atoms with Crippen molar-refractivity contribution in [3.63, 3.8) is 0 Å². The smallest absolute Gasteiger partial charge is 0.243 e. The summed E-state index contributed by atoms with van der Waals surface area (Å²) in [4.78, 5) is 13.0. The Bertz CT molecular complexity index is 1010. The molecule has 1 N–H and O–H groups in total. The summed E-state index contributed by atoms with van der Waals surface area (Å²) in [6.45, 7) is 2.87. The fourth-order valence-corrected chi connectivity index (χ4v) is 4.75. The molecule has 0 aliphatic carbocycles. The normalized spacial score (nSPS) is 13.7. The first-order valence-electron chi connectivity index (χ1n) is 9.09. The van der Waals surface area contributed by atoms with E-state index in [9.17, 15) is 4.79 Å². The lowest BCUT2D eigenvalue weighted by Crippen LogP contribution is -2.19. The van der Waals surface area contributed by atoms with E-state index in [1.54, 1.807) is 13.0 Å². The number of aryl methyl sites for hydroxylation is 1. The summed E-state index contributed by atoms with van der Waals surface area (Å²) in [5, 5.41) is 6.29. The van der Waals surface area contributed by atoms with Gasteiger partial charge < -0.3 is 19.3 Å². The Balaban J connectivity index is 1.53. The molecule has 1 aliphatic heterocycles. The maximum absolute atomic E-state index is 13.0. The summed E-state index contributed by atoms with van der Waals surface area (Å²) in [6, 6.07) is 15.3. The number of aromatic nitrogens is 1. The van der Waals surface area contributed by atoms with Gasteiger partial charge in [-0.15, -0.1) is 11.8 Å². The van der Waals surface area contributed by atoms with Gasteiger partial charge in [0.15, 0.2) is 17.3 Å². The largest absolute Gasteiger partial charge is 0.486 e. The van der Waals surface area contributed by atoms with Crippen molar-refractivity contribution in [2.45, 2.75) is 17.9 Å². The zero-order chi connectivity index (χ0) is 20.2. The van der Waals surface area contributed by atoms with Gasteiger partial charge in [0.05, 0.1) is 0 Å². The molecule has 1 aromatic heterocycles. The third-order valence-corrected chi connectivity index (χ3v) is 6.37. The summed E-state index contributed by atoms with van der Waals surface area (Å²) in [6.07, 6.45) is 0. The highest BCUT2D eigenvalue weighted by molar-refractivity contribution is 9.10. The zero-order valence-electron chi connectivity index (χ0n) is 15.7. The second-order valence-electron chi connectivity index (χ2n) is 6.50. The van der Waals surface area contributed by atoms with Gasteiger partial charge in [0.2, 0.25) is 5.91 Å². The van der Waals surface area contributed by atoms with Gasteiger partial charge in [-0.05, 0) is 30.2 Å². The maximum atomic E-state index is 13.0. The minimum Gasteiger partial charge on any atom is -0.486 e. The maximum Gasteiger partial charge on any atom is 0.243 e. The molecule has 4 rings (SSSR count). The number of anilines is 1. The van der Waals surface area contributed by atoms with Crippen LogP contribution in [0.1, 0.15) is 22.1 Å². The molecule has 6 nitrogen and oxygen atoms in total. The SMILES string of the molecule is Cc1cc(NC(=O)C(SCc2cc3c(cc2Br)OCCO3)c2ccccc2)no1. The number of amides is 1. The van der Waals surface area contributed by atoms with Gasteiger partial charge in [-0.3, -0.25) is 4.79 Å². The van der Waals surface area contributed by atoms with Crippen molar-refractivity contribution in [1.29, 1.82) is 0 Å². The molecule has 3 aromatic rings. The molecule has 150 valence electrons. The standard InChI is InChI=1S/C21H19BrN2O4S/c1-13-9-19(24-28-13)23-21(25)20(14-5-3-2-4-6-14)29-12-15-10-17-18(11-16(15)22)27-8-7-26-17/h2-6,9-11,20H,7-8,12H2,1H3,(H,23,24,25). The minimum atomic E-state index is -0.409. The van der Waals surface area contributed by atoms with Gasteiger partial charge >= 0.3 is 0 Å². The number of rotatable bonds is 6. The molecule has 0 bridgehead atoms. The van der Waals surface area contributed by atoms with Crippen LogP contribution < -0.4 is 14.8 Å². The van der Waals surface area contributed by atoms with E-state index in [-0.39, 0.29) is 5.91 Å². The Kier molecular flexibility index (Phi) is 6.10. The first kappa shape index (κ1) is 19.8. The van der Waals surface area contributed by atoms with Gasteiger partial charge in [-0.1, -0.05) is 51.4 Å². The van der Waals surface area contributed by atoms with Crippen molar-refractivity contribution in [3.8, 4) is 11.5 Å². The molecular weight excluding hydrogens is 456 g/mol. The van der Waals surface area contributed by atoms with Crippen LogP contribution in [0, 0.1) is 6.92 Å². The number of benzene rings is 2. The fourth-order valence-electron chi connectivity index (χ4n) is 2.96. The number of carbonyl (C=O) groups is 1. The lowest BCUT2D eigenvalue weighted by atomic mass is 10.1. The van der Waals surface area contributed by atoms with E-state index in [2.05, 4.69) is 26.4 Å². The molecule has 0 fully saturated rings. The molecule has 0 radical (unpaired) electrons. The molecule has 29 heavy (non-hydrogen) atoms. The number of halogens is 1. The van der Waals surface area contributed by atoms with Crippen LogP contribution in [0.15, 0.2) is 57.5 Å².